The summed E-state index contributed by atoms with van der Waals surface area (Å²) in [7, 11) is 9.47. The molecule has 0 aliphatic carbocycles. The van der Waals surface area contributed by atoms with Crippen LogP contribution >= 0.6 is 20.3 Å². The van der Waals surface area contributed by atoms with E-state index in [0.717, 1.165) is 0 Å². The van der Waals surface area contributed by atoms with Crippen molar-refractivity contribution in [1.29, 1.82) is 0 Å². The minimum atomic E-state index is 0.250. The zero-order chi connectivity index (χ0) is 5.41. The van der Waals surface area contributed by atoms with E-state index in [2.05, 4.69) is 0 Å². The average molecular weight is 176 g/mol. The number of hydrogen-bond donors (Lipinski definition) is 1. The first-order valence-corrected chi connectivity index (χ1v) is 4.14. The summed E-state index contributed by atoms with van der Waals surface area (Å²) in [5, 5.41) is 7.57. The molecule has 0 amide bonds. The van der Waals surface area contributed by atoms with Crippen molar-refractivity contribution < 1.29 is 18.0 Å². The van der Waals surface area contributed by atoms with Crippen LogP contribution < -0.4 is 0 Å². The first kappa shape index (κ1) is 10.1. The van der Waals surface area contributed by atoms with E-state index in [1.54, 1.807) is 6.92 Å². The average Bonchev–Trinajstić information content (AvgIpc) is 1.39. The molecule has 1 N–H and O–H groups in total. The molecule has 0 bridgehead atoms. The summed E-state index contributed by atoms with van der Waals surface area (Å²) < 4.78 is 0. The van der Waals surface area contributed by atoms with Crippen molar-refractivity contribution in [3.8, 4) is 0 Å². The fourth-order valence-corrected chi connectivity index (χ4v) is 0. The van der Waals surface area contributed by atoms with Crippen LogP contribution in [-0.2, 0) is 12.9 Å². The van der Waals surface area contributed by atoms with E-state index in [1.165, 1.54) is 0 Å². The predicted octanol–water partition coefficient (Wildman–Crippen LogP) is 1.38. The quantitative estimate of drug-likeness (QED) is 0.590. The molecule has 0 saturated heterocycles. The molecule has 6 heavy (non-hydrogen) atoms. The van der Waals surface area contributed by atoms with Crippen LogP contribution in [0.1, 0.15) is 6.92 Å². The molecule has 0 aliphatic heterocycles. The topological polar surface area (TPSA) is 20.2 Å². The molecule has 0 unspecified atom stereocenters. The van der Waals surface area contributed by atoms with Gasteiger partial charge in [-0.15, -0.1) is 0 Å². The zero-order valence-corrected chi connectivity index (χ0v) is 5.80. The summed E-state index contributed by atoms with van der Waals surface area (Å²) in [6.07, 6.45) is 0. The van der Waals surface area contributed by atoms with Crippen LogP contribution in [0, 0.1) is 0 Å². The van der Waals surface area contributed by atoms with E-state index in [1.807, 2.05) is 0 Å². The summed E-state index contributed by atoms with van der Waals surface area (Å²) in [5.74, 6) is 0. The monoisotopic (exact) mass is 175 g/mol. The van der Waals surface area contributed by atoms with Gasteiger partial charge in [0.2, 0.25) is 0 Å². The summed E-state index contributed by atoms with van der Waals surface area (Å²) >= 11 is 0.382. The number of halogens is 2. The van der Waals surface area contributed by atoms with Crippen LogP contribution in [-0.4, -0.2) is 11.7 Å². The molecule has 43 valence electrons. The van der Waals surface area contributed by atoms with Gasteiger partial charge in [-0.2, -0.15) is 0 Å². The molecule has 0 aromatic carbocycles. The van der Waals surface area contributed by atoms with E-state index in [0.29, 0.717) is 12.9 Å². The number of aliphatic hydroxyl groups excluding tert-OH is 1. The zero-order valence-electron chi connectivity index (χ0n) is 3.24. The van der Waals surface area contributed by atoms with Gasteiger partial charge in [0.25, 0.3) is 0 Å². The fraction of sp³-hybridized carbons (Fsp3) is 1.00. The van der Waals surface area contributed by atoms with Crippen molar-refractivity contribution in [2.24, 2.45) is 0 Å². The van der Waals surface area contributed by atoms with Gasteiger partial charge in [-0.25, -0.2) is 0 Å². The first-order valence-electron chi connectivity index (χ1n) is 1.28. The first-order chi connectivity index (χ1) is 2.83. The molecule has 0 aliphatic rings. The van der Waals surface area contributed by atoms with E-state index in [-0.39, 0.29) is 6.61 Å². The van der Waals surface area contributed by atoms with E-state index < -0.39 is 0 Å². The number of hydrogen-bond acceptors (Lipinski definition) is 1. The Morgan fingerprint density at radius 3 is 1.67 bits per heavy atom. The van der Waals surface area contributed by atoms with Gasteiger partial charge in [-0.05, 0) is 6.92 Å². The van der Waals surface area contributed by atoms with Crippen LogP contribution in [0.5, 0.6) is 0 Å². The van der Waals surface area contributed by atoms with Crippen LogP contribution in [0.2, 0.25) is 0 Å². The number of rotatable bonds is 0. The molecule has 0 saturated carbocycles. The molecule has 0 heterocycles. The minimum absolute atomic E-state index is 0.250. The van der Waals surface area contributed by atoms with Crippen molar-refractivity contribution in [2.75, 3.05) is 6.61 Å². The van der Waals surface area contributed by atoms with Crippen LogP contribution in [0.15, 0.2) is 0 Å². The molecule has 0 aromatic rings. The summed E-state index contributed by atoms with van der Waals surface area (Å²) in [4.78, 5) is 0. The van der Waals surface area contributed by atoms with Gasteiger partial charge in [-0.3, -0.25) is 0 Å². The van der Waals surface area contributed by atoms with Gasteiger partial charge in [0.05, 0.1) is 0 Å². The third-order valence-electron chi connectivity index (χ3n) is 0. The maximum absolute atomic E-state index is 7.57. The SMILES string of the molecule is CCO.[Cl][Co][Cl]. The third kappa shape index (κ3) is 75.5. The summed E-state index contributed by atoms with van der Waals surface area (Å²) in [5.41, 5.74) is 0. The van der Waals surface area contributed by atoms with Crippen LogP contribution in [0.4, 0.5) is 0 Å². The molecule has 0 aromatic heterocycles. The third-order valence-corrected chi connectivity index (χ3v) is 0. The molecular formula is C2H6Cl2CoO. The van der Waals surface area contributed by atoms with E-state index in [9.17, 15) is 0 Å². The molecule has 1 nitrogen and oxygen atoms in total. The second-order valence-electron chi connectivity index (χ2n) is 0.364. The Hall–Kier alpha value is 1.05. The fourth-order valence-electron chi connectivity index (χ4n) is 0. The Bertz CT molecular complexity index is 13.5. The maximum atomic E-state index is 7.57. The van der Waals surface area contributed by atoms with Gasteiger partial charge in [0.1, 0.15) is 0 Å². The molecule has 0 rings (SSSR count). The standard InChI is InChI=1S/C2H6O.2ClH.Co/c1-2-3;;;/h3H,2H2,1H3;2*1H;/q;;;+2/p-2. The molecule has 4 heteroatoms. The van der Waals surface area contributed by atoms with Crippen molar-refractivity contribution in [1.82, 2.24) is 0 Å². The van der Waals surface area contributed by atoms with Gasteiger partial charge in [-0.1, -0.05) is 0 Å². The number of aliphatic hydroxyl groups is 1. The molecule has 0 radical (unpaired) electrons. The normalized spacial score (nSPS) is 6.67. The van der Waals surface area contributed by atoms with E-state index >= 15 is 0 Å². The van der Waals surface area contributed by atoms with Crippen LogP contribution in [0.25, 0.3) is 0 Å². The van der Waals surface area contributed by atoms with Gasteiger partial charge < -0.3 is 5.11 Å². The van der Waals surface area contributed by atoms with Gasteiger partial charge in [0.15, 0.2) is 0 Å². The Balaban J connectivity index is 0. The molecule has 0 atom stereocenters. The van der Waals surface area contributed by atoms with Crippen molar-refractivity contribution >= 4 is 20.3 Å². The van der Waals surface area contributed by atoms with Crippen LogP contribution in [0.3, 0.4) is 0 Å². The molecular weight excluding hydrogens is 170 g/mol. The Morgan fingerprint density at radius 2 is 1.67 bits per heavy atom. The van der Waals surface area contributed by atoms with Crippen molar-refractivity contribution in [3.05, 3.63) is 0 Å². The van der Waals surface area contributed by atoms with Gasteiger partial charge >= 0.3 is 33.2 Å². The second kappa shape index (κ2) is 16.6. The Labute approximate surface area is 52.1 Å². The van der Waals surface area contributed by atoms with Gasteiger partial charge in [0, 0.05) is 6.61 Å². The molecule has 0 fully saturated rings. The summed E-state index contributed by atoms with van der Waals surface area (Å²) in [6, 6.07) is 0. The van der Waals surface area contributed by atoms with E-state index in [4.69, 9.17) is 25.4 Å². The van der Waals surface area contributed by atoms with Crippen molar-refractivity contribution in [3.63, 3.8) is 0 Å². The van der Waals surface area contributed by atoms with Crippen molar-refractivity contribution in [2.45, 2.75) is 6.92 Å². The Morgan fingerprint density at radius 1 is 1.67 bits per heavy atom. The molecule has 0 spiro atoms. The predicted molar refractivity (Wildman–Crippen MR) is 24.5 cm³/mol. The second-order valence-corrected chi connectivity index (χ2v) is 2.08. The summed E-state index contributed by atoms with van der Waals surface area (Å²) in [6.45, 7) is 1.93. The Kier molecular flexibility index (Phi) is 28.0.